The minimum Gasteiger partial charge on any atom is -0.491 e. The number of rotatable bonds is 4. The highest BCUT2D eigenvalue weighted by atomic mass is 35.7. The zero-order valence-corrected chi connectivity index (χ0v) is 9.44. The number of benzene rings is 1. The second-order valence-corrected chi connectivity index (χ2v) is 5.83. The minimum atomic E-state index is -3.50. The van der Waals surface area contributed by atoms with Gasteiger partial charge in [-0.3, -0.25) is 0 Å². The van der Waals surface area contributed by atoms with Gasteiger partial charge in [-0.1, -0.05) is 23.7 Å². The molecule has 1 rings (SSSR count). The summed E-state index contributed by atoms with van der Waals surface area (Å²) in [5.74, 6) is 0.217. The number of halogens is 2. The van der Waals surface area contributed by atoms with E-state index in [9.17, 15) is 8.42 Å². The minimum absolute atomic E-state index is 0.00440. The van der Waals surface area contributed by atoms with Crippen molar-refractivity contribution in [1.29, 1.82) is 0 Å². The number of para-hydroxylation sites is 1. The Bertz CT molecular complexity index is 403. The zero-order valence-electron chi connectivity index (χ0n) is 7.11. The van der Waals surface area contributed by atoms with Gasteiger partial charge < -0.3 is 4.74 Å². The summed E-state index contributed by atoms with van der Waals surface area (Å²) < 4.78 is 26.2. The Hall–Kier alpha value is -0.450. The molecule has 0 saturated heterocycles. The van der Waals surface area contributed by atoms with Crippen molar-refractivity contribution in [1.82, 2.24) is 0 Å². The highest BCUT2D eigenvalue weighted by Gasteiger charge is 2.06. The van der Waals surface area contributed by atoms with Crippen molar-refractivity contribution in [3.63, 3.8) is 0 Å². The van der Waals surface area contributed by atoms with Gasteiger partial charge >= 0.3 is 0 Å². The average molecular weight is 255 g/mol. The molecule has 0 aromatic heterocycles. The molecule has 0 N–H and O–H groups in total. The zero-order chi connectivity index (χ0) is 10.6. The van der Waals surface area contributed by atoms with Crippen molar-refractivity contribution in [2.24, 2.45) is 0 Å². The van der Waals surface area contributed by atoms with Gasteiger partial charge in [-0.15, -0.1) is 0 Å². The first-order chi connectivity index (χ1) is 6.49. The standard InChI is InChI=1S/C8H8Cl2O3S/c9-7-3-1-2-4-8(7)13-5-6-14(10,11)12/h1-4H,5-6H2. The molecule has 0 radical (unpaired) electrons. The Morgan fingerprint density at radius 3 is 2.50 bits per heavy atom. The van der Waals surface area contributed by atoms with Gasteiger partial charge in [0.05, 0.1) is 10.8 Å². The van der Waals surface area contributed by atoms with Gasteiger partial charge in [0.1, 0.15) is 12.4 Å². The third-order valence-corrected chi connectivity index (χ3v) is 2.85. The van der Waals surface area contributed by atoms with Crippen LogP contribution in [0.25, 0.3) is 0 Å². The Morgan fingerprint density at radius 1 is 1.29 bits per heavy atom. The van der Waals surface area contributed by atoms with Crippen molar-refractivity contribution in [3.05, 3.63) is 29.3 Å². The van der Waals surface area contributed by atoms with Crippen LogP contribution < -0.4 is 4.74 Å². The van der Waals surface area contributed by atoms with Gasteiger partial charge in [-0.25, -0.2) is 8.42 Å². The molecule has 14 heavy (non-hydrogen) atoms. The van der Waals surface area contributed by atoms with E-state index < -0.39 is 9.05 Å². The maximum atomic E-state index is 10.6. The van der Waals surface area contributed by atoms with Crippen LogP contribution in [0, 0.1) is 0 Å². The molecule has 0 atom stereocenters. The third kappa shape index (κ3) is 4.17. The van der Waals surface area contributed by atoms with Crippen LogP contribution in [0.2, 0.25) is 5.02 Å². The number of hydrogen-bond donors (Lipinski definition) is 0. The maximum absolute atomic E-state index is 10.6. The molecule has 3 nitrogen and oxygen atoms in total. The summed E-state index contributed by atoms with van der Waals surface area (Å²) in [4.78, 5) is 0. The first kappa shape index (κ1) is 11.6. The lowest BCUT2D eigenvalue weighted by Gasteiger charge is -2.05. The van der Waals surface area contributed by atoms with E-state index in [0.717, 1.165) is 0 Å². The third-order valence-electron chi connectivity index (χ3n) is 1.42. The fourth-order valence-corrected chi connectivity index (χ4v) is 1.47. The van der Waals surface area contributed by atoms with Crippen LogP contribution in [0.15, 0.2) is 24.3 Å². The lowest BCUT2D eigenvalue weighted by molar-refractivity contribution is 0.341. The molecule has 0 heterocycles. The van der Waals surface area contributed by atoms with E-state index in [0.29, 0.717) is 10.8 Å². The lowest BCUT2D eigenvalue weighted by Crippen LogP contribution is -2.08. The SMILES string of the molecule is O=S(=O)(Cl)CCOc1ccccc1Cl. The molecular formula is C8H8Cl2O3S. The largest absolute Gasteiger partial charge is 0.491 e. The van der Waals surface area contributed by atoms with Gasteiger partial charge in [-0.2, -0.15) is 0 Å². The van der Waals surface area contributed by atoms with E-state index in [-0.39, 0.29) is 12.4 Å². The summed E-state index contributed by atoms with van der Waals surface area (Å²) >= 11 is 5.77. The van der Waals surface area contributed by atoms with Crippen molar-refractivity contribution in [2.45, 2.75) is 0 Å². The van der Waals surface area contributed by atoms with Gasteiger partial charge in [-0.05, 0) is 12.1 Å². The molecule has 0 fully saturated rings. The average Bonchev–Trinajstić information content (AvgIpc) is 2.06. The molecular weight excluding hydrogens is 247 g/mol. The fourth-order valence-electron chi connectivity index (χ4n) is 0.813. The van der Waals surface area contributed by atoms with Crippen LogP contribution in [-0.2, 0) is 9.05 Å². The Kier molecular flexibility index (Phi) is 4.04. The van der Waals surface area contributed by atoms with E-state index in [1.54, 1.807) is 24.3 Å². The molecule has 0 aliphatic heterocycles. The second kappa shape index (κ2) is 4.87. The van der Waals surface area contributed by atoms with Crippen LogP contribution >= 0.6 is 22.3 Å². The van der Waals surface area contributed by atoms with Crippen molar-refractivity contribution in [2.75, 3.05) is 12.4 Å². The van der Waals surface area contributed by atoms with E-state index in [1.165, 1.54) is 0 Å². The van der Waals surface area contributed by atoms with Gasteiger partial charge in [0.15, 0.2) is 0 Å². The molecule has 0 bridgehead atoms. The summed E-state index contributed by atoms with van der Waals surface area (Å²) in [5.41, 5.74) is 0. The first-order valence-corrected chi connectivity index (χ1v) is 6.64. The first-order valence-electron chi connectivity index (χ1n) is 3.79. The summed E-state index contributed by atoms with van der Waals surface area (Å²) in [6.07, 6.45) is 0. The van der Waals surface area contributed by atoms with Crippen LogP contribution in [0.3, 0.4) is 0 Å². The van der Waals surface area contributed by atoms with Crippen LogP contribution in [-0.4, -0.2) is 20.8 Å². The number of hydrogen-bond acceptors (Lipinski definition) is 3. The molecule has 0 spiro atoms. The van der Waals surface area contributed by atoms with Crippen LogP contribution in [0.1, 0.15) is 0 Å². The summed E-state index contributed by atoms with van der Waals surface area (Å²) in [7, 11) is 1.50. The van der Waals surface area contributed by atoms with E-state index in [2.05, 4.69) is 0 Å². The monoisotopic (exact) mass is 254 g/mol. The topological polar surface area (TPSA) is 43.4 Å². The molecule has 6 heteroatoms. The molecule has 1 aromatic carbocycles. The van der Waals surface area contributed by atoms with Gasteiger partial charge in [0.2, 0.25) is 9.05 Å². The van der Waals surface area contributed by atoms with Gasteiger partial charge in [0, 0.05) is 10.7 Å². The second-order valence-electron chi connectivity index (χ2n) is 2.52. The van der Waals surface area contributed by atoms with E-state index in [1.807, 2.05) is 0 Å². The molecule has 0 saturated carbocycles. The molecule has 0 aliphatic rings. The Morgan fingerprint density at radius 2 is 1.93 bits per heavy atom. The summed E-state index contributed by atoms with van der Waals surface area (Å²) in [5, 5.41) is 0.444. The van der Waals surface area contributed by atoms with Crippen molar-refractivity contribution in [3.8, 4) is 5.75 Å². The van der Waals surface area contributed by atoms with Crippen LogP contribution in [0.4, 0.5) is 0 Å². The lowest BCUT2D eigenvalue weighted by atomic mass is 10.3. The van der Waals surface area contributed by atoms with Gasteiger partial charge in [0.25, 0.3) is 0 Å². The fraction of sp³-hybridized carbons (Fsp3) is 0.250. The number of ether oxygens (including phenoxy) is 1. The molecule has 78 valence electrons. The molecule has 0 aliphatic carbocycles. The summed E-state index contributed by atoms with van der Waals surface area (Å²) in [6.45, 7) is -0.00440. The normalized spacial score (nSPS) is 11.3. The predicted molar refractivity (Wildman–Crippen MR) is 56.6 cm³/mol. The Balaban J connectivity index is 2.51. The highest BCUT2D eigenvalue weighted by Crippen LogP contribution is 2.22. The molecule has 1 aromatic rings. The quantitative estimate of drug-likeness (QED) is 0.775. The molecule has 0 amide bonds. The van der Waals surface area contributed by atoms with E-state index >= 15 is 0 Å². The van der Waals surface area contributed by atoms with Crippen LogP contribution in [0.5, 0.6) is 5.75 Å². The maximum Gasteiger partial charge on any atom is 0.235 e. The highest BCUT2D eigenvalue weighted by molar-refractivity contribution is 8.13. The van der Waals surface area contributed by atoms with Crippen molar-refractivity contribution < 1.29 is 13.2 Å². The Labute approximate surface area is 92.0 Å². The summed E-state index contributed by atoms with van der Waals surface area (Å²) in [6, 6.07) is 6.82. The van der Waals surface area contributed by atoms with Crippen molar-refractivity contribution >= 4 is 31.3 Å². The predicted octanol–water partition coefficient (Wildman–Crippen LogP) is 2.29. The molecule has 0 unspecified atom stereocenters. The smallest absolute Gasteiger partial charge is 0.235 e. The van der Waals surface area contributed by atoms with E-state index in [4.69, 9.17) is 27.0 Å².